The minimum atomic E-state index is -0.0530. The number of carbonyl (C=O) groups is 1. The van der Waals surface area contributed by atoms with Gasteiger partial charge in [-0.25, -0.2) is 15.0 Å². The van der Waals surface area contributed by atoms with Gasteiger partial charge in [-0.15, -0.1) is 11.3 Å². The molecule has 116 valence electrons. The number of aryl methyl sites for hydroxylation is 1. The van der Waals surface area contributed by atoms with Gasteiger partial charge >= 0.3 is 0 Å². The molecule has 6 nitrogen and oxygen atoms in total. The fraction of sp³-hybridized carbons (Fsp3) is 0.467. The van der Waals surface area contributed by atoms with E-state index in [0.717, 1.165) is 25.2 Å². The van der Waals surface area contributed by atoms with E-state index in [4.69, 9.17) is 0 Å². The second kappa shape index (κ2) is 6.93. The molecule has 7 heteroatoms. The zero-order valence-corrected chi connectivity index (χ0v) is 13.3. The number of hydrogen-bond donors (Lipinski definition) is 2. The highest BCUT2D eigenvalue weighted by Gasteiger charge is 2.19. The monoisotopic (exact) mass is 317 g/mol. The van der Waals surface area contributed by atoms with Crippen molar-refractivity contribution in [1.29, 1.82) is 0 Å². The van der Waals surface area contributed by atoms with Gasteiger partial charge in [0.1, 0.15) is 4.88 Å². The number of carbonyl (C=O) groups excluding carboxylic acids is 1. The predicted octanol–water partition coefficient (Wildman–Crippen LogP) is 1.64. The van der Waals surface area contributed by atoms with Crippen LogP contribution < -0.4 is 10.6 Å². The normalized spacial score (nSPS) is 18.1. The van der Waals surface area contributed by atoms with Crippen molar-refractivity contribution in [2.45, 2.75) is 19.8 Å². The van der Waals surface area contributed by atoms with E-state index >= 15 is 0 Å². The van der Waals surface area contributed by atoms with Crippen molar-refractivity contribution in [2.24, 2.45) is 5.92 Å². The molecule has 1 aliphatic rings. The molecule has 2 N–H and O–H groups in total. The Morgan fingerprint density at radius 1 is 1.45 bits per heavy atom. The summed E-state index contributed by atoms with van der Waals surface area (Å²) in [6.07, 6.45) is 5.69. The third-order valence-electron chi connectivity index (χ3n) is 3.71. The van der Waals surface area contributed by atoms with Crippen LogP contribution in [-0.2, 0) is 0 Å². The molecule has 3 rings (SSSR count). The molecular weight excluding hydrogens is 298 g/mol. The van der Waals surface area contributed by atoms with E-state index in [-0.39, 0.29) is 5.91 Å². The van der Waals surface area contributed by atoms with Gasteiger partial charge in [0.15, 0.2) is 10.8 Å². The minimum Gasteiger partial charge on any atom is -0.351 e. The Kier molecular flexibility index (Phi) is 4.74. The van der Waals surface area contributed by atoms with Crippen molar-refractivity contribution < 1.29 is 4.79 Å². The van der Waals surface area contributed by atoms with Gasteiger partial charge in [-0.3, -0.25) is 4.79 Å². The minimum absolute atomic E-state index is 0.0530. The number of aromatic nitrogens is 3. The van der Waals surface area contributed by atoms with Crippen LogP contribution in [-0.4, -0.2) is 40.5 Å². The molecular formula is C15H19N5OS. The van der Waals surface area contributed by atoms with E-state index in [1.165, 1.54) is 17.8 Å². The molecule has 1 fully saturated rings. The van der Waals surface area contributed by atoms with Crippen LogP contribution in [0.15, 0.2) is 18.5 Å². The summed E-state index contributed by atoms with van der Waals surface area (Å²) < 4.78 is 0. The first kappa shape index (κ1) is 15.1. The van der Waals surface area contributed by atoms with Gasteiger partial charge in [0.2, 0.25) is 0 Å². The number of thiazole rings is 1. The third kappa shape index (κ3) is 3.48. The molecule has 22 heavy (non-hydrogen) atoms. The summed E-state index contributed by atoms with van der Waals surface area (Å²) in [5, 5.41) is 7.07. The number of rotatable bonds is 4. The van der Waals surface area contributed by atoms with Crippen LogP contribution in [0.3, 0.4) is 0 Å². The SMILES string of the molecule is Cc1nc(-c2ncccn2)sc1C(=O)NCC1CCCNC1. The van der Waals surface area contributed by atoms with Gasteiger partial charge in [0.05, 0.1) is 5.69 Å². The van der Waals surface area contributed by atoms with Crippen LogP contribution in [0.25, 0.3) is 10.8 Å². The quantitative estimate of drug-likeness (QED) is 0.896. The highest BCUT2D eigenvalue weighted by atomic mass is 32.1. The summed E-state index contributed by atoms with van der Waals surface area (Å²) >= 11 is 1.34. The highest BCUT2D eigenvalue weighted by molar-refractivity contribution is 7.17. The standard InChI is InChI=1S/C15H19N5OS/c1-10-12(14(21)19-9-11-4-2-5-16-8-11)22-15(20-10)13-17-6-3-7-18-13/h3,6-7,11,16H,2,4-5,8-9H2,1H3,(H,19,21). The molecule has 0 radical (unpaired) electrons. The molecule has 3 heterocycles. The van der Waals surface area contributed by atoms with Gasteiger partial charge in [0, 0.05) is 18.9 Å². The maximum Gasteiger partial charge on any atom is 0.263 e. The summed E-state index contributed by atoms with van der Waals surface area (Å²) in [6.45, 7) is 4.62. The topological polar surface area (TPSA) is 79.8 Å². The lowest BCUT2D eigenvalue weighted by molar-refractivity contribution is 0.0948. The van der Waals surface area contributed by atoms with E-state index in [1.807, 2.05) is 6.92 Å². The van der Waals surface area contributed by atoms with Gasteiger partial charge < -0.3 is 10.6 Å². The molecule has 1 saturated heterocycles. The zero-order valence-electron chi connectivity index (χ0n) is 12.5. The Labute approximate surface area is 133 Å². The van der Waals surface area contributed by atoms with Crippen LogP contribution in [0.1, 0.15) is 28.2 Å². The van der Waals surface area contributed by atoms with Crippen molar-refractivity contribution >= 4 is 17.2 Å². The van der Waals surface area contributed by atoms with Crippen LogP contribution in [0.5, 0.6) is 0 Å². The molecule has 0 saturated carbocycles. The molecule has 1 atom stereocenters. The van der Waals surface area contributed by atoms with Crippen LogP contribution >= 0.6 is 11.3 Å². The molecule has 2 aromatic heterocycles. The summed E-state index contributed by atoms with van der Waals surface area (Å²) in [7, 11) is 0. The number of piperidine rings is 1. The Hall–Kier alpha value is -1.86. The average molecular weight is 317 g/mol. The Morgan fingerprint density at radius 3 is 3.00 bits per heavy atom. The molecule has 0 bridgehead atoms. The number of hydrogen-bond acceptors (Lipinski definition) is 6. The Morgan fingerprint density at radius 2 is 2.27 bits per heavy atom. The first-order chi connectivity index (χ1) is 10.7. The third-order valence-corrected chi connectivity index (χ3v) is 4.86. The fourth-order valence-corrected chi connectivity index (χ4v) is 3.46. The van der Waals surface area contributed by atoms with Gasteiger partial charge in [-0.1, -0.05) is 0 Å². The molecule has 1 aliphatic heterocycles. The highest BCUT2D eigenvalue weighted by Crippen LogP contribution is 2.25. The number of nitrogens with zero attached hydrogens (tertiary/aromatic N) is 3. The van der Waals surface area contributed by atoms with Crippen LogP contribution in [0.2, 0.25) is 0 Å². The molecule has 1 amide bonds. The summed E-state index contributed by atoms with van der Waals surface area (Å²) in [5.41, 5.74) is 0.728. The van der Waals surface area contributed by atoms with Crippen LogP contribution in [0, 0.1) is 12.8 Å². The Bertz CT molecular complexity index is 637. The first-order valence-electron chi connectivity index (χ1n) is 7.48. The van der Waals surface area contributed by atoms with E-state index < -0.39 is 0 Å². The van der Waals surface area contributed by atoms with E-state index in [0.29, 0.717) is 28.2 Å². The molecule has 0 spiro atoms. The van der Waals surface area contributed by atoms with E-state index in [1.54, 1.807) is 18.5 Å². The van der Waals surface area contributed by atoms with Crippen LogP contribution in [0.4, 0.5) is 0 Å². The average Bonchev–Trinajstić information content (AvgIpc) is 2.96. The first-order valence-corrected chi connectivity index (χ1v) is 8.29. The summed E-state index contributed by atoms with van der Waals surface area (Å²) in [5.74, 6) is 1.02. The second-order valence-corrected chi connectivity index (χ2v) is 6.43. The predicted molar refractivity (Wildman–Crippen MR) is 85.8 cm³/mol. The van der Waals surface area contributed by atoms with Gasteiger partial charge in [-0.05, 0) is 44.8 Å². The maximum absolute atomic E-state index is 12.4. The zero-order chi connectivity index (χ0) is 15.4. The lowest BCUT2D eigenvalue weighted by atomic mass is 10.00. The largest absolute Gasteiger partial charge is 0.351 e. The fourth-order valence-electron chi connectivity index (χ4n) is 2.53. The second-order valence-electron chi connectivity index (χ2n) is 5.43. The lowest BCUT2D eigenvalue weighted by Crippen LogP contribution is -2.38. The van der Waals surface area contributed by atoms with Crippen molar-refractivity contribution in [2.75, 3.05) is 19.6 Å². The van der Waals surface area contributed by atoms with E-state index in [2.05, 4.69) is 25.6 Å². The number of amides is 1. The number of nitrogens with one attached hydrogen (secondary N) is 2. The smallest absolute Gasteiger partial charge is 0.263 e. The Balaban J connectivity index is 1.66. The van der Waals surface area contributed by atoms with Crippen molar-refractivity contribution in [3.8, 4) is 10.8 Å². The summed E-state index contributed by atoms with van der Waals surface area (Å²) in [6, 6.07) is 1.76. The van der Waals surface area contributed by atoms with Gasteiger partial charge in [-0.2, -0.15) is 0 Å². The molecule has 2 aromatic rings. The van der Waals surface area contributed by atoms with Crippen molar-refractivity contribution in [3.63, 3.8) is 0 Å². The summed E-state index contributed by atoms with van der Waals surface area (Å²) in [4.78, 5) is 25.8. The maximum atomic E-state index is 12.4. The van der Waals surface area contributed by atoms with Crippen molar-refractivity contribution in [3.05, 3.63) is 29.0 Å². The molecule has 1 unspecified atom stereocenters. The molecule has 0 aliphatic carbocycles. The lowest BCUT2D eigenvalue weighted by Gasteiger charge is -2.22. The van der Waals surface area contributed by atoms with E-state index in [9.17, 15) is 4.79 Å². The van der Waals surface area contributed by atoms with Crippen molar-refractivity contribution in [1.82, 2.24) is 25.6 Å². The molecule has 0 aromatic carbocycles. The van der Waals surface area contributed by atoms with Gasteiger partial charge in [0.25, 0.3) is 5.91 Å².